The van der Waals surface area contributed by atoms with Crippen molar-refractivity contribution >= 4 is 5.69 Å². The summed E-state index contributed by atoms with van der Waals surface area (Å²) < 4.78 is 45.7. The number of rotatable bonds is 10. The number of hydrogen-bond acceptors (Lipinski definition) is 4. The molecule has 0 aromatic heterocycles. The minimum atomic E-state index is -0.632. The lowest BCUT2D eigenvalue weighted by atomic mass is 9.87. The van der Waals surface area contributed by atoms with Crippen LogP contribution in [0.4, 0.5) is 14.5 Å². The molecule has 0 fully saturated rings. The van der Waals surface area contributed by atoms with Gasteiger partial charge in [0.1, 0.15) is 35.2 Å². The Kier molecular flexibility index (Phi) is 8.04. The molecule has 6 heteroatoms. The molecule has 3 aromatic carbocycles. The lowest BCUT2D eigenvalue weighted by Gasteiger charge is -2.44. The highest BCUT2D eigenvalue weighted by Gasteiger charge is 2.45. The van der Waals surface area contributed by atoms with Gasteiger partial charge in [-0.3, -0.25) is 0 Å². The molecule has 0 bridgehead atoms. The second kappa shape index (κ2) is 11.2. The maximum atomic E-state index is 13.3. The van der Waals surface area contributed by atoms with Crippen LogP contribution in [0.25, 0.3) is 0 Å². The second-order valence-corrected chi connectivity index (χ2v) is 9.44. The molecule has 0 spiro atoms. The van der Waals surface area contributed by atoms with E-state index in [9.17, 15) is 8.78 Å². The van der Waals surface area contributed by atoms with E-state index in [1.165, 1.54) is 24.3 Å². The number of nitrogens with one attached hydrogen (secondary N) is 1. The van der Waals surface area contributed by atoms with Crippen molar-refractivity contribution in [2.75, 3.05) is 11.9 Å². The fraction of sp³-hybridized carbons (Fsp3) is 0.379. The van der Waals surface area contributed by atoms with Gasteiger partial charge in [-0.1, -0.05) is 37.6 Å². The second-order valence-electron chi connectivity index (χ2n) is 9.44. The maximum Gasteiger partial charge on any atom is 0.132 e. The zero-order chi connectivity index (χ0) is 24.8. The summed E-state index contributed by atoms with van der Waals surface area (Å²) in [5.74, 6) is 0.247. The molecule has 1 aliphatic rings. The Morgan fingerprint density at radius 2 is 1.54 bits per heavy atom. The highest BCUT2D eigenvalue weighted by atomic mass is 19.1. The van der Waals surface area contributed by atoms with E-state index in [2.05, 4.69) is 12.2 Å². The smallest absolute Gasteiger partial charge is 0.132 e. The van der Waals surface area contributed by atoms with Gasteiger partial charge in [0.25, 0.3) is 0 Å². The largest absolute Gasteiger partial charge is 0.485 e. The molecule has 0 radical (unpaired) electrons. The number of anilines is 1. The van der Waals surface area contributed by atoms with Crippen LogP contribution in [-0.4, -0.2) is 18.3 Å². The first-order valence-electron chi connectivity index (χ1n) is 12.1. The molecule has 2 unspecified atom stereocenters. The predicted octanol–water partition coefficient (Wildman–Crippen LogP) is 7.19. The van der Waals surface area contributed by atoms with Crippen molar-refractivity contribution in [3.63, 3.8) is 0 Å². The van der Waals surface area contributed by atoms with Crippen LogP contribution in [0.15, 0.2) is 66.7 Å². The molecule has 0 saturated heterocycles. The highest BCUT2D eigenvalue weighted by Crippen LogP contribution is 2.44. The number of fused-ring (bicyclic) bond motifs is 1. The maximum absolute atomic E-state index is 13.3. The quantitative estimate of drug-likeness (QED) is 0.311. The Morgan fingerprint density at radius 1 is 0.886 bits per heavy atom. The summed E-state index contributed by atoms with van der Waals surface area (Å²) in [6.07, 6.45) is 1.28. The Labute approximate surface area is 206 Å². The average Bonchev–Trinajstić information content (AvgIpc) is 2.84. The monoisotopic (exact) mass is 481 g/mol. The Balaban J connectivity index is 1.56. The first-order valence-corrected chi connectivity index (χ1v) is 12.1. The van der Waals surface area contributed by atoms with E-state index < -0.39 is 5.60 Å². The summed E-state index contributed by atoms with van der Waals surface area (Å²) in [4.78, 5) is 0. The van der Waals surface area contributed by atoms with Gasteiger partial charge in [-0.25, -0.2) is 8.78 Å². The third-order valence-electron chi connectivity index (χ3n) is 6.20. The van der Waals surface area contributed by atoms with Crippen LogP contribution < -0.4 is 10.1 Å². The molecular formula is C29H33F2NO3. The molecule has 0 saturated carbocycles. The molecule has 0 aliphatic carbocycles. The zero-order valence-corrected chi connectivity index (χ0v) is 20.5. The molecular weight excluding hydrogens is 448 g/mol. The molecule has 1 N–H and O–H groups in total. The molecule has 2 atom stereocenters. The van der Waals surface area contributed by atoms with E-state index in [4.69, 9.17) is 14.2 Å². The van der Waals surface area contributed by atoms with Crippen LogP contribution >= 0.6 is 0 Å². The van der Waals surface area contributed by atoms with Gasteiger partial charge in [0.15, 0.2) is 0 Å². The van der Waals surface area contributed by atoms with Crippen molar-refractivity contribution < 1.29 is 23.0 Å². The summed E-state index contributed by atoms with van der Waals surface area (Å²) in [7, 11) is 0. The fourth-order valence-electron chi connectivity index (χ4n) is 4.24. The van der Waals surface area contributed by atoms with Crippen LogP contribution in [0.2, 0.25) is 0 Å². The van der Waals surface area contributed by atoms with Gasteiger partial charge in [-0.05, 0) is 73.9 Å². The number of hydrogen-bond donors (Lipinski definition) is 1. The van der Waals surface area contributed by atoms with Crippen LogP contribution in [0.3, 0.4) is 0 Å². The SMILES string of the molecule is CCCCOC1c2cc(NCc3ccc(F)cc3)ccc2OC(C)(C)C1OCc1ccc(F)cc1. The molecule has 4 nitrogen and oxygen atoms in total. The van der Waals surface area contributed by atoms with Crippen LogP contribution in [0, 0.1) is 11.6 Å². The summed E-state index contributed by atoms with van der Waals surface area (Å²) in [5.41, 5.74) is 3.08. The van der Waals surface area contributed by atoms with Crippen molar-refractivity contribution in [2.24, 2.45) is 0 Å². The van der Waals surface area contributed by atoms with E-state index in [1.807, 2.05) is 32.0 Å². The van der Waals surface area contributed by atoms with Gasteiger partial charge >= 0.3 is 0 Å². The predicted molar refractivity (Wildman–Crippen MR) is 133 cm³/mol. The zero-order valence-electron chi connectivity index (χ0n) is 20.5. The Bertz CT molecular complexity index is 1100. The summed E-state index contributed by atoms with van der Waals surface area (Å²) >= 11 is 0. The fourth-order valence-corrected chi connectivity index (χ4v) is 4.24. The standard InChI is InChI=1S/C29H33F2NO3/c1-4-5-16-33-27-25-17-24(32-18-20-6-10-22(30)11-7-20)14-15-26(25)35-29(2,3)28(27)34-19-21-8-12-23(31)13-9-21/h6-15,17,27-28,32H,4-5,16,18-19H2,1-3H3. The molecule has 1 aliphatic heterocycles. The lowest BCUT2D eigenvalue weighted by molar-refractivity contribution is -0.167. The summed E-state index contributed by atoms with van der Waals surface area (Å²) in [5, 5.41) is 3.41. The highest BCUT2D eigenvalue weighted by molar-refractivity contribution is 5.54. The number of benzene rings is 3. The molecule has 3 aromatic rings. The minimum Gasteiger partial charge on any atom is -0.485 e. The minimum absolute atomic E-state index is 0.249. The molecule has 0 amide bonds. The third-order valence-corrected chi connectivity index (χ3v) is 6.20. The van der Waals surface area contributed by atoms with Gasteiger partial charge in [0, 0.05) is 24.4 Å². The molecule has 1 heterocycles. The van der Waals surface area contributed by atoms with Gasteiger partial charge in [0.2, 0.25) is 0 Å². The van der Waals surface area contributed by atoms with Crippen LogP contribution in [0.5, 0.6) is 5.75 Å². The lowest BCUT2D eigenvalue weighted by Crippen LogP contribution is -2.51. The van der Waals surface area contributed by atoms with Crippen molar-refractivity contribution in [1.29, 1.82) is 0 Å². The van der Waals surface area contributed by atoms with Crippen molar-refractivity contribution in [3.05, 3.63) is 95.1 Å². The molecule has 35 heavy (non-hydrogen) atoms. The van der Waals surface area contributed by atoms with E-state index >= 15 is 0 Å². The Hall–Kier alpha value is -2.96. The van der Waals surface area contributed by atoms with Crippen LogP contribution in [-0.2, 0) is 22.6 Å². The van der Waals surface area contributed by atoms with Gasteiger partial charge in [-0.2, -0.15) is 0 Å². The van der Waals surface area contributed by atoms with Gasteiger partial charge in [0.05, 0.1) is 6.61 Å². The number of ether oxygens (including phenoxy) is 3. The van der Waals surface area contributed by atoms with E-state index in [1.54, 1.807) is 24.3 Å². The van der Waals surface area contributed by atoms with Gasteiger partial charge in [-0.15, -0.1) is 0 Å². The summed E-state index contributed by atoms with van der Waals surface area (Å²) in [6.45, 7) is 7.64. The van der Waals surface area contributed by atoms with Crippen molar-refractivity contribution in [3.8, 4) is 5.75 Å². The molecule has 186 valence electrons. The summed E-state index contributed by atoms with van der Waals surface area (Å²) in [6, 6.07) is 18.7. The topological polar surface area (TPSA) is 39.7 Å². The van der Waals surface area contributed by atoms with E-state index in [-0.39, 0.29) is 23.8 Å². The van der Waals surface area contributed by atoms with Gasteiger partial charge < -0.3 is 19.5 Å². The van der Waals surface area contributed by atoms with Crippen molar-refractivity contribution in [2.45, 2.75) is 64.6 Å². The van der Waals surface area contributed by atoms with E-state index in [0.29, 0.717) is 19.8 Å². The first-order chi connectivity index (χ1) is 16.9. The van der Waals surface area contributed by atoms with Crippen LogP contribution in [0.1, 0.15) is 56.4 Å². The molecule has 4 rings (SSSR count). The number of halogens is 2. The third kappa shape index (κ3) is 6.38. The first kappa shape index (κ1) is 25.1. The van der Waals surface area contributed by atoms with E-state index in [0.717, 1.165) is 41.0 Å². The number of unbranched alkanes of at least 4 members (excludes halogenated alkanes) is 1. The normalized spacial score (nSPS) is 18.5. The Morgan fingerprint density at radius 3 is 2.20 bits per heavy atom. The van der Waals surface area contributed by atoms with Crippen molar-refractivity contribution in [1.82, 2.24) is 0 Å². The average molecular weight is 482 g/mol.